The Labute approximate surface area is 120 Å². The molecule has 0 saturated carbocycles. The van der Waals surface area contributed by atoms with Gasteiger partial charge < -0.3 is 4.90 Å². The number of para-hydroxylation sites is 1. The summed E-state index contributed by atoms with van der Waals surface area (Å²) in [6.45, 7) is 8.16. The number of aromatic nitrogens is 2. The van der Waals surface area contributed by atoms with Crippen LogP contribution >= 0.6 is 0 Å². The molecular formula is C16H23N3O. The van der Waals surface area contributed by atoms with Crippen molar-refractivity contribution in [3.8, 4) is 0 Å². The Bertz CT molecular complexity index is 600. The Morgan fingerprint density at radius 2 is 1.80 bits per heavy atom. The molecule has 108 valence electrons. The molecule has 0 bridgehead atoms. The summed E-state index contributed by atoms with van der Waals surface area (Å²) in [5.74, 6) is 0. The number of fused-ring (bicyclic) bond motifs is 1. The van der Waals surface area contributed by atoms with Crippen LogP contribution in [0.4, 0.5) is 0 Å². The second-order valence-corrected chi connectivity index (χ2v) is 5.10. The van der Waals surface area contributed by atoms with Crippen molar-refractivity contribution >= 4 is 10.9 Å². The fourth-order valence-electron chi connectivity index (χ4n) is 2.48. The number of rotatable bonds is 7. The van der Waals surface area contributed by atoms with Crippen molar-refractivity contribution in [2.24, 2.45) is 0 Å². The highest BCUT2D eigenvalue weighted by atomic mass is 16.1. The van der Waals surface area contributed by atoms with Crippen LogP contribution in [0.15, 0.2) is 35.4 Å². The molecule has 4 nitrogen and oxygen atoms in total. The minimum atomic E-state index is 0.0588. The van der Waals surface area contributed by atoms with E-state index in [1.165, 1.54) is 0 Å². The van der Waals surface area contributed by atoms with Gasteiger partial charge in [0.2, 0.25) is 0 Å². The first kappa shape index (κ1) is 14.7. The van der Waals surface area contributed by atoms with Gasteiger partial charge in [0.15, 0.2) is 0 Å². The summed E-state index contributed by atoms with van der Waals surface area (Å²) in [5, 5.41) is 0.701. The molecule has 0 aliphatic rings. The van der Waals surface area contributed by atoms with Gasteiger partial charge in [0, 0.05) is 13.1 Å². The van der Waals surface area contributed by atoms with Crippen molar-refractivity contribution in [1.29, 1.82) is 0 Å². The first-order valence-corrected chi connectivity index (χ1v) is 7.42. The highest BCUT2D eigenvalue weighted by molar-refractivity contribution is 5.76. The standard InChI is InChI=1S/C16H23N3O/c1-3-9-18(10-4-2)11-12-19-13-17-15-8-6-5-7-14(15)16(19)20/h5-8,13H,3-4,9-12H2,1-2H3. The van der Waals surface area contributed by atoms with Crippen LogP contribution in [0.5, 0.6) is 0 Å². The topological polar surface area (TPSA) is 38.1 Å². The zero-order valence-electron chi connectivity index (χ0n) is 12.4. The molecule has 0 saturated heterocycles. The molecular weight excluding hydrogens is 250 g/mol. The van der Waals surface area contributed by atoms with Gasteiger partial charge in [0.05, 0.1) is 17.2 Å². The molecule has 0 amide bonds. The summed E-state index contributed by atoms with van der Waals surface area (Å²) >= 11 is 0. The molecule has 0 unspecified atom stereocenters. The van der Waals surface area contributed by atoms with Crippen LogP contribution in [0.3, 0.4) is 0 Å². The SMILES string of the molecule is CCCN(CCC)CCn1cnc2ccccc2c1=O. The monoisotopic (exact) mass is 273 g/mol. The lowest BCUT2D eigenvalue weighted by atomic mass is 10.2. The second-order valence-electron chi connectivity index (χ2n) is 5.10. The van der Waals surface area contributed by atoms with E-state index in [0.717, 1.165) is 38.0 Å². The van der Waals surface area contributed by atoms with Gasteiger partial charge in [-0.1, -0.05) is 26.0 Å². The molecule has 20 heavy (non-hydrogen) atoms. The molecule has 0 aliphatic carbocycles. The summed E-state index contributed by atoms with van der Waals surface area (Å²) in [6, 6.07) is 7.51. The summed E-state index contributed by atoms with van der Waals surface area (Å²) in [5.41, 5.74) is 0.830. The molecule has 0 spiro atoms. The van der Waals surface area contributed by atoms with Gasteiger partial charge in [-0.25, -0.2) is 4.98 Å². The predicted octanol–water partition coefficient (Wildman–Crippen LogP) is 2.52. The lowest BCUT2D eigenvalue weighted by Crippen LogP contribution is -2.32. The van der Waals surface area contributed by atoms with Gasteiger partial charge in [-0.2, -0.15) is 0 Å². The Kier molecular flexibility index (Phi) is 5.30. The zero-order chi connectivity index (χ0) is 14.4. The lowest BCUT2D eigenvalue weighted by molar-refractivity contribution is 0.262. The smallest absolute Gasteiger partial charge is 0.261 e. The summed E-state index contributed by atoms with van der Waals surface area (Å²) in [4.78, 5) is 19.1. The molecule has 1 aromatic heterocycles. The molecule has 1 heterocycles. The highest BCUT2D eigenvalue weighted by Crippen LogP contribution is 2.04. The molecule has 0 fully saturated rings. The molecule has 0 N–H and O–H groups in total. The maximum absolute atomic E-state index is 12.4. The van der Waals surface area contributed by atoms with Gasteiger partial charge in [-0.15, -0.1) is 0 Å². The Hall–Kier alpha value is -1.68. The van der Waals surface area contributed by atoms with Crippen molar-refractivity contribution in [3.05, 3.63) is 40.9 Å². The summed E-state index contributed by atoms with van der Waals surface area (Å²) < 4.78 is 1.72. The number of hydrogen-bond acceptors (Lipinski definition) is 3. The largest absolute Gasteiger partial charge is 0.302 e. The van der Waals surface area contributed by atoms with Gasteiger partial charge in [-0.05, 0) is 38.1 Å². The average molecular weight is 273 g/mol. The molecule has 4 heteroatoms. The highest BCUT2D eigenvalue weighted by Gasteiger charge is 2.06. The van der Waals surface area contributed by atoms with E-state index < -0.39 is 0 Å². The van der Waals surface area contributed by atoms with Crippen molar-refractivity contribution in [2.45, 2.75) is 33.2 Å². The van der Waals surface area contributed by atoms with Crippen LogP contribution in [-0.4, -0.2) is 34.1 Å². The predicted molar refractivity (Wildman–Crippen MR) is 83.0 cm³/mol. The van der Waals surface area contributed by atoms with E-state index >= 15 is 0 Å². The van der Waals surface area contributed by atoms with E-state index in [9.17, 15) is 4.79 Å². The van der Waals surface area contributed by atoms with Crippen molar-refractivity contribution in [2.75, 3.05) is 19.6 Å². The van der Waals surface area contributed by atoms with Crippen molar-refractivity contribution < 1.29 is 0 Å². The Balaban J connectivity index is 2.13. The Morgan fingerprint density at radius 1 is 1.10 bits per heavy atom. The number of nitrogens with zero attached hydrogens (tertiary/aromatic N) is 3. The molecule has 1 aromatic carbocycles. The first-order valence-electron chi connectivity index (χ1n) is 7.42. The van der Waals surface area contributed by atoms with E-state index in [2.05, 4.69) is 23.7 Å². The summed E-state index contributed by atoms with van der Waals surface area (Å²) in [7, 11) is 0. The quantitative estimate of drug-likeness (QED) is 0.778. The average Bonchev–Trinajstić information content (AvgIpc) is 2.47. The van der Waals surface area contributed by atoms with Gasteiger partial charge in [0.1, 0.15) is 0 Å². The second kappa shape index (κ2) is 7.20. The molecule has 2 aromatic rings. The van der Waals surface area contributed by atoms with E-state index in [-0.39, 0.29) is 5.56 Å². The minimum Gasteiger partial charge on any atom is -0.302 e. The van der Waals surface area contributed by atoms with Crippen LogP contribution < -0.4 is 5.56 Å². The van der Waals surface area contributed by atoms with E-state index in [0.29, 0.717) is 11.9 Å². The van der Waals surface area contributed by atoms with Crippen LogP contribution in [0.1, 0.15) is 26.7 Å². The third kappa shape index (κ3) is 3.45. The van der Waals surface area contributed by atoms with Crippen molar-refractivity contribution in [1.82, 2.24) is 14.5 Å². The van der Waals surface area contributed by atoms with Gasteiger partial charge >= 0.3 is 0 Å². The maximum Gasteiger partial charge on any atom is 0.261 e. The Morgan fingerprint density at radius 3 is 2.50 bits per heavy atom. The lowest BCUT2D eigenvalue weighted by Gasteiger charge is -2.21. The van der Waals surface area contributed by atoms with Crippen LogP contribution in [0.25, 0.3) is 10.9 Å². The van der Waals surface area contributed by atoms with Gasteiger partial charge in [0.25, 0.3) is 5.56 Å². The first-order chi connectivity index (χ1) is 9.76. The number of benzene rings is 1. The number of hydrogen-bond donors (Lipinski definition) is 0. The van der Waals surface area contributed by atoms with Crippen LogP contribution in [0, 0.1) is 0 Å². The van der Waals surface area contributed by atoms with E-state index in [1.54, 1.807) is 10.9 Å². The molecule has 2 rings (SSSR count). The fourth-order valence-corrected chi connectivity index (χ4v) is 2.48. The normalized spacial score (nSPS) is 11.3. The summed E-state index contributed by atoms with van der Waals surface area (Å²) in [6.07, 6.45) is 3.95. The minimum absolute atomic E-state index is 0.0588. The third-order valence-electron chi connectivity index (χ3n) is 3.47. The fraction of sp³-hybridized carbons (Fsp3) is 0.500. The third-order valence-corrected chi connectivity index (χ3v) is 3.47. The van der Waals surface area contributed by atoms with Gasteiger partial charge in [-0.3, -0.25) is 9.36 Å². The molecule has 0 radical (unpaired) electrons. The van der Waals surface area contributed by atoms with E-state index in [1.807, 2.05) is 24.3 Å². The van der Waals surface area contributed by atoms with Crippen LogP contribution in [-0.2, 0) is 6.54 Å². The van der Waals surface area contributed by atoms with Crippen molar-refractivity contribution in [3.63, 3.8) is 0 Å². The molecule has 0 aliphatic heterocycles. The molecule has 0 atom stereocenters. The van der Waals surface area contributed by atoms with Crippen LogP contribution in [0.2, 0.25) is 0 Å². The van der Waals surface area contributed by atoms with E-state index in [4.69, 9.17) is 0 Å². The maximum atomic E-state index is 12.4. The zero-order valence-corrected chi connectivity index (χ0v) is 12.4.